The third-order valence-electron chi connectivity index (χ3n) is 18.9. The van der Waals surface area contributed by atoms with E-state index in [9.17, 15) is 13.2 Å². The molecule has 0 saturated carbocycles. The van der Waals surface area contributed by atoms with Crippen LogP contribution in [-0.2, 0) is 0 Å². The van der Waals surface area contributed by atoms with Crippen LogP contribution in [0, 0.1) is 5.82 Å². The van der Waals surface area contributed by atoms with E-state index in [1.165, 1.54) is 43.5 Å². The Morgan fingerprint density at radius 2 is 0.723 bits per heavy atom. The molecule has 34 heteroatoms. The van der Waals surface area contributed by atoms with Crippen LogP contribution in [-0.4, -0.2) is 173 Å². The molecule has 0 spiro atoms. The lowest BCUT2D eigenvalue weighted by Gasteiger charge is -2.15. The molecular formula is C85H66F3N27O4. The maximum absolute atomic E-state index is 13.3. The first-order valence-corrected chi connectivity index (χ1v) is 36.9. The number of aromatic amines is 4. The van der Waals surface area contributed by atoms with Gasteiger partial charge in [0.25, 0.3) is 0 Å². The lowest BCUT2D eigenvalue weighted by Crippen LogP contribution is -2.06. The zero-order chi connectivity index (χ0) is 81.0. The molecule has 4 aliphatic rings. The number of fused-ring (bicyclic) bond motifs is 4. The Bertz CT molecular complexity index is 6490. The number of methoxy groups -OCH3 is 3. The van der Waals surface area contributed by atoms with Crippen LogP contribution < -0.4 is 40.2 Å². The lowest BCUT2D eigenvalue weighted by atomic mass is 10.0. The van der Waals surface area contributed by atoms with E-state index in [0.29, 0.717) is 112 Å². The molecule has 20 rings (SSSR count). The quantitative estimate of drug-likeness (QED) is 0.0331. The summed E-state index contributed by atoms with van der Waals surface area (Å²) in [5, 5.41) is 45.2. The molecule has 0 unspecified atom stereocenters. The average molecular weight is 1590 g/mol. The molecule has 0 amide bonds. The molecule has 119 heavy (non-hydrogen) atoms. The van der Waals surface area contributed by atoms with Crippen LogP contribution >= 0.6 is 0 Å². The Hall–Kier alpha value is -16.4. The number of aliphatic imine (C=N–C) groups is 4. The smallest absolute Gasteiger partial charge is 0.387 e. The normalized spacial score (nSPS) is 13.0. The molecule has 16 aromatic rings. The van der Waals surface area contributed by atoms with E-state index >= 15 is 0 Å². The number of nitrogens with one attached hydrogen (secondary N) is 8. The van der Waals surface area contributed by atoms with Gasteiger partial charge in [-0.05, 0) is 113 Å². The van der Waals surface area contributed by atoms with Crippen LogP contribution in [0.25, 0.3) is 88.8 Å². The van der Waals surface area contributed by atoms with Crippen molar-refractivity contribution in [2.45, 2.75) is 6.61 Å². The number of H-pyrrole nitrogens is 4. The van der Waals surface area contributed by atoms with Crippen molar-refractivity contribution in [3.8, 4) is 67.8 Å². The van der Waals surface area contributed by atoms with Crippen molar-refractivity contribution in [2.24, 2.45) is 20.0 Å². The summed E-state index contributed by atoms with van der Waals surface area (Å²) in [7, 11) is 4.82. The number of hydrogen-bond acceptors (Lipinski definition) is 27. The summed E-state index contributed by atoms with van der Waals surface area (Å²) < 4.78 is 60.6. The number of alkyl halides is 2. The zero-order valence-corrected chi connectivity index (χ0v) is 63.3. The van der Waals surface area contributed by atoms with Crippen molar-refractivity contribution in [1.82, 2.24) is 95.6 Å². The van der Waals surface area contributed by atoms with Crippen molar-refractivity contribution in [1.29, 1.82) is 0 Å². The van der Waals surface area contributed by atoms with Crippen molar-refractivity contribution < 1.29 is 32.1 Å². The lowest BCUT2D eigenvalue weighted by molar-refractivity contribution is -0.0493. The van der Waals surface area contributed by atoms with E-state index in [1.807, 2.05) is 152 Å². The first-order chi connectivity index (χ1) is 58.6. The number of rotatable bonds is 21. The molecule has 8 N–H and O–H groups in total. The third kappa shape index (κ3) is 16.4. The Balaban J connectivity index is 0.000000113. The maximum Gasteiger partial charge on any atom is 0.387 e. The highest BCUT2D eigenvalue weighted by Crippen LogP contribution is 2.40. The van der Waals surface area contributed by atoms with Gasteiger partial charge in [0, 0.05) is 29.7 Å². The van der Waals surface area contributed by atoms with Gasteiger partial charge >= 0.3 is 6.61 Å². The van der Waals surface area contributed by atoms with Crippen molar-refractivity contribution in [3.63, 3.8) is 0 Å². The van der Waals surface area contributed by atoms with Crippen LogP contribution in [0.15, 0.2) is 264 Å². The van der Waals surface area contributed by atoms with E-state index in [0.717, 1.165) is 112 Å². The number of anilines is 8. The molecule has 4 aliphatic heterocycles. The number of allylic oxidation sites excluding steroid dienone is 4. The van der Waals surface area contributed by atoms with E-state index in [1.54, 1.807) is 70.4 Å². The fraction of sp³-hybridized carbons (Fsp3) is 0.0941. The Kier molecular flexibility index (Phi) is 21.8. The van der Waals surface area contributed by atoms with Gasteiger partial charge in [-0.25, -0.2) is 49.2 Å². The summed E-state index contributed by atoms with van der Waals surface area (Å²) in [5.74, 6) is 3.73. The molecule has 31 nitrogen and oxygen atoms in total. The number of hydrogen-bond donors (Lipinski definition) is 8. The molecule has 10 aromatic heterocycles. The molecule has 0 fully saturated rings. The van der Waals surface area contributed by atoms with Crippen LogP contribution in [0.2, 0.25) is 0 Å². The Labute approximate surface area is 673 Å². The fourth-order valence-electron chi connectivity index (χ4n) is 13.3. The number of aromatic nitrogens is 19. The first-order valence-electron chi connectivity index (χ1n) is 36.9. The Morgan fingerprint density at radius 1 is 0.353 bits per heavy atom. The summed E-state index contributed by atoms with van der Waals surface area (Å²) in [6.07, 6.45) is 28.2. The number of nitrogens with zero attached hydrogens (tertiary/aromatic N) is 19. The monoisotopic (exact) mass is 1590 g/mol. The molecule has 14 heterocycles. The molecule has 6 aromatic carbocycles. The molecule has 586 valence electrons. The fourth-order valence-corrected chi connectivity index (χ4v) is 13.3. The van der Waals surface area contributed by atoms with Gasteiger partial charge in [0.15, 0.2) is 22.6 Å². The highest BCUT2D eigenvalue weighted by Gasteiger charge is 2.25. The van der Waals surface area contributed by atoms with Crippen LogP contribution in [0.4, 0.5) is 59.2 Å². The number of pyridine rings is 1. The SMILES string of the molecule is COc1ccc(-c2ccc(F)cc2)cc1Nc1ncnc2n[nH]c(C3=NCC=C3)c12.COc1ccc(-c2cnccn2)cc1Nc1ncnc2n[nH]c(C3=NCC=C3)c12.COc1ncc(-c2ccccc2)cc1Nc1ncnc2n[nH]c(C3=NCC=C3)c12.FC(F)Oc1ccc(-c2ccccc2)cc1Nc1ncnc2n[nH]c(C3=NCC=C3)c12. The number of benzene rings is 6. The number of ether oxygens (including phenoxy) is 4. The van der Waals surface area contributed by atoms with Gasteiger partial charge < -0.3 is 40.2 Å². The predicted molar refractivity (Wildman–Crippen MR) is 449 cm³/mol. The standard InChI is InChI=1S/C22H16F2N6O.C22H17FN6O.C21H17N7O.C20H16N8O/c23-22(24)31-17-9-8-14(13-5-2-1-3-6-13)11-16(17)28-20-18-19(15-7-4-10-25-15)29-30-21(18)27-12-26-20;1-30-18-9-6-14(13-4-7-15(23)8-5-13)11-17(18)27-21-19-20(16-3-2-10-24-16)28-29-22(19)26-12-25-21;1-29-21-16(10-14(11-23-21)13-6-3-2-4-7-13)26-19-17-18(15-8-5-9-22-15)27-28-20(17)25-12-24-19;1-29-16-5-4-12(15-10-21-7-8-23-15)9-14(16)26-19-17-18(13-3-2-6-22-13)27-28-20(17)25-11-24-19/h1-9,11-12,22H,10H2,(H2,26,27,28,29,30);2-9,11-12H,10H2,1H3,(H2,25,26,27,28,29);2-8,10-12H,9H2,1H3,(H2,24,25,26,27,28);2-5,7-11H,6H2,1H3,(H2,24,25,26,27,28). The van der Waals surface area contributed by atoms with Crippen molar-refractivity contribution >= 4 is 113 Å². The zero-order valence-electron chi connectivity index (χ0n) is 63.3. The minimum absolute atomic E-state index is 0.00425. The van der Waals surface area contributed by atoms with Gasteiger partial charge in [0.05, 0.1) is 144 Å². The molecule has 0 atom stereocenters. The van der Waals surface area contributed by atoms with Crippen LogP contribution in [0.3, 0.4) is 0 Å². The molecular weight excluding hydrogens is 1520 g/mol. The van der Waals surface area contributed by atoms with E-state index in [-0.39, 0.29) is 11.6 Å². The highest BCUT2D eigenvalue weighted by atomic mass is 19.3. The average Bonchev–Trinajstić information content (AvgIpc) is 1.67. The minimum Gasteiger partial charge on any atom is -0.495 e. The summed E-state index contributed by atoms with van der Waals surface area (Å²) in [6.45, 7) is -0.433. The van der Waals surface area contributed by atoms with Gasteiger partial charge in [-0.15, -0.1) is 0 Å². The largest absolute Gasteiger partial charge is 0.495 e. The molecule has 0 bridgehead atoms. The van der Waals surface area contributed by atoms with Gasteiger partial charge in [0.2, 0.25) is 5.88 Å². The second-order valence-corrected chi connectivity index (χ2v) is 26.1. The van der Waals surface area contributed by atoms with Gasteiger partial charge in [-0.2, -0.15) is 29.2 Å². The Morgan fingerprint density at radius 3 is 1.11 bits per heavy atom. The minimum atomic E-state index is -2.96. The molecule has 0 saturated heterocycles. The summed E-state index contributed by atoms with van der Waals surface area (Å²) in [4.78, 5) is 65.4. The molecule has 0 aliphatic carbocycles. The maximum atomic E-state index is 13.3. The second kappa shape index (κ2) is 34.5. The van der Waals surface area contributed by atoms with E-state index in [2.05, 4.69) is 137 Å². The topological polar surface area (TPSA) is 391 Å². The second-order valence-electron chi connectivity index (χ2n) is 26.1. The predicted octanol–water partition coefficient (Wildman–Crippen LogP) is 15.4. The van der Waals surface area contributed by atoms with Gasteiger partial charge in [0.1, 0.15) is 77.3 Å². The summed E-state index contributed by atoms with van der Waals surface area (Å²) in [5.41, 5.74) is 18.0. The van der Waals surface area contributed by atoms with Crippen LogP contribution in [0.5, 0.6) is 23.1 Å². The summed E-state index contributed by atoms with van der Waals surface area (Å²) >= 11 is 0. The van der Waals surface area contributed by atoms with Crippen molar-refractivity contribution in [2.75, 3.05) is 68.8 Å². The summed E-state index contributed by atoms with van der Waals surface area (Å²) in [6, 6.07) is 44.5. The van der Waals surface area contributed by atoms with Crippen molar-refractivity contribution in [3.05, 3.63) is 273 Å². The van der Waals surface area contributed by atoms with Gasteiger partial charge in [-0.1, -0.05) is 109 Å². The molecule has 0 radical (unpaired) electrons. The highest BCUT2D eigenvalue weighted by molar-refractivity contribution is 6.20. The number of halogens is 3. The first kappa shape index (κ1) is 75.3. The van der Waals surface area contributed by atoms with E-state index in [4.69, 9.17) is 18.9 Å². The third-order valence-corrected chi connectivity index (χ3v) is 18.9. The van der Waals surface area contributed by atoms with E-state index < -0.39 is 6.61 Å². The van der Waals surface area contributed by atoms with Gasteiger partial charge in [-0.3, -0.25) is 50.3 Å². The van der Waals surface area contributed by atoms with Crippen LogP contribution in [0.1, 0.15) is 22.8 Å².